The Balaban J connectivity index is 1.13. The predicted molar refractivity (Wildman–Crippen MR) is 126 cm³/mol. The SMILES string of the molecule is CC(CC(=O)N1CC2CCC(C1)C2C(=O)O)NC(=O)OCC1c2ccccc2-c2ccccc21. The number of carbonyl (C=O) groups excluding carboxylic acids is 2. The quantitative estimate of drug-likeness (QED) is 0.679. The number of hydrogen-bond acceptors (Lipinski definition) is 4. The average molecular weight is 463 g/mol. The van der Waals surface area contributed by atoms with Crippen molar-refractivity contribution in [1.82, 2.24) is 10.2 Å². The van der Waals surface area contributed by atoms with E-state index in [1.807, 2.05) is 24.3 Å². The zero-order valence-corrected chi connectivity index (χ0v) is 19.3. The number of piperidine rings is 1. The number of alkyl carbamates (subject to hydrolysis) is 1. The molecule has 2 aliphatic carbocycles. The highest BCUT2D eigenvalue weighted by Crippen LogP contribution is 2.44. The minimum Gasteiger partial charge on any atom is -0.481 e. The van der Waals surface area contributed by atoms with Crippen LogP contribution < -0.4 is 5.32 Å². The van der Waals surface area contributed by atoms with Crippen LogP contribution in [0.1, 0.15) is 43.2 Å². The fourth-order valence-corrected chi connectivity index (χ4v) is 6.11. The zero-order valence-electron chi connectivity index (χ0n) is 19.3. The van der Waals surface area contributed by atoms with Gasteiger partial charge in [0.2, 0.25) is 5.91 Å². The van der Waals surface area contributed by atoms with Crippen molar-refractivity contribution in [2.45, 2.75) is 38.1 Å². The first-order valence-electron chi connectivity index (χ1n) is 12.0. The molecular formula is C27H30N2O5. The lowest BCUT2D eigenvalue weighted by Gasteiger charge is -2.36. The van der Waals surface area contributed by atoms with Crippen LogP contribution in [0.5, 0.6) is 0 Å². The minimum atomic E-state index is -0.745. The van der Waals surface area contributed by atoms with E-state index >= 15 is 0 Å². The van der Waals surface area contributed by atoms with Gasteiger partial charge >= 0.3 is 12.1 Å². The normalized spacial score (nSPS) is 23.7. The fourth-order valence-electron chi connectivity index (χ4n) is 6.11. The van der Waals surface area contributed by atoms with Crippen molar-refractivity contribution >= 4 is 18.0 Å². The largest absolute Gasteiger partial charge is 0.481 e. The topological polar surface area (TPSA) is 95.9 Å². The molecule has 1 aliphatic heterocycles. The number of rotatable bonds is 6. The molecule has 0 radical (unpaired) electrons. The summed E-state index contributed by atoms with van der Waals surface area (Å²) in [7, 11) is 0. The number of aliphatic carboxylic acids is 1. The van der Waals surface area contributed by atoms with Crippen LogP contribution in [0.25, 0.3) is 11.1 Å². The van der Waals surface area contributed by atoms with E-state index in [0.717, 1.165) is 24.0 Å². The molecule has 1 saturated carbocycles. The number of hydrogen-bond donors (Lipinski definition) is 2. The van der Waals surface area contributed by atoms with Crippen LogP contribution in [0.15, 0.2) is 48.5 Å². The van der Waals surface area contributed by atoms with Gasteiger partial charge in [0.15, 0.2) is 0 Å². The van der Waals surface area contributed by atoms with Crippen molar-refractivity contribution in [3.05, 3.63) is 59.7 Å². The van der Waals surface area contributed by atoms with Crippen molar-refractivity contribution in [3.8, 4) is 11.1 Å². The molecule has 7 nitrogen and oxygen atoms in total. The van der Waals surface area contributed by atoms with Gasteiger partial charge in [0.05, 0.1) is 5.92 Å². The van der Waals surface area contributed by atoms with Gasteiger partial charge < -0.3 is 20.1 Å². The number of carboxylic acid groups (broad SMARTS) is 1. The molecule has 34 heavy (non-hydrogen) atoms. The molecule has 3 atom stereocenters. The molecule has 7 heteroatoms. The molecule has 2 aromatic carbocycles. The van der Waals surface area contributed by atoms with Gasteiger partial charge in [-0.15, -0.1) is 0 Å². The molecule has 2 fully saturated rings. The summed E-state index contributed by atoms with van der Waals surface area (Å²) in [5, 5.41) is 12.2. The summed E-state index contributed by atoms with van der Waals surface area (Å²) < 4.78 is 5.58. The van der Waals surface area contributed by atoms with E-state index in [4.69, 9.17) is 4.74 Å². The monoisotopic (exact) mass is 462 g/mol. The van der Waals surface area contributed by atoms with E-state index in [2.05, 4.69) is 29.6 Å². The number of nitrogens with one attached hydrogen (secondary N) is 1. The van der Waals surface area contributed by atoms with Gasteiger partial charge in [-0.1, -0.05) is 48.5 Å². The van der Waals surface area contributed by atoms with Crippen LogP contribution in [-0.2, 0) is 14.3 Å². The highest BCUT2D eigenvalue weighted by Gasteiger charge is 2.47. The number of amides is 2. The van der Waals surface area contributed by atoms with Gasteiger partial charge in [0.1, 0.15) is 6.61 Å². The lowest BCUT2D eigenvalue weighted by Crippen LogP contribution is -2.48. The van der Waals surface area contributed by atoms with Gasteiger partial charge in [-0.2, -0.15) is 0 Å². The number of ether oxygens (including phenoxy) is 1. The van der Waals surface area contributed by atoms with E-state index < -0.39 is 12.1 Å². The second kappa shape index (κ2) is 9.12. The molecule has 2 bridgehead atoms. The summed E-state index contributed by atoms with van der Waals surface area (Å²) >= 11 is 0. The van der Waals surface area contributed by atoms with E-state index in [1.54, 1.807) is 11.8 Å². The standard InChI is InChI=1S/C27H30N2O5/c1-16(12-24(30)29-13-17-10-11-18(14-29)25(17)26(31)32)28-27(33)34-15-23-21-8-4-2-6-19(21)20-7-3-5-9-22(20)23/h2-9,16-18,23,25H,10-15H2,1H3,(H,28,33)(H,31,32). The maximum Gasteiger partial charge on any atom is 0.407 e. The van der Waals surface area contributed by atoms with Gasteiger partial charge in [0, 0.05) is 31.5 Å². The molecule has 3 unspecified atom stereocenters. The van der Waals surface area contributed by atoms with Crippen LogP contribution in [0.2, 0.25) is 0 Å². The fraction of sp³-hybridized carbons (Fsp3) is 0.444. The third-order valence-electron chi connectivity index (χ3n) is 7.66. The Morgan fingerprint density at radius 1 is 1.00 bits per heavy atom. The Morgan fingerprint density at radius 3 is 2.12 bits per heavy atom. The van der Waals surface area contributed by atoms with Crippen LogP contribution in [0.4, 0.5) is 4.79 Å². The zero-order chi connectivity index (χ0) is 23.8. The molecular weight excluding hydrogens is 432 g/mol. The van der Waals surface area contributed by atoms with Crippen molar-refractivity contribution in [2.75, 3.05) is 19.7 Å². The van der Waals surface area contributed by atoms with Gasteiger partial charge in [-0.05, 0) is 53.9 Å². The summed E-state index contributed by atoms with van der Waals surface area (Å²) in [4.78, 5) is 38.6. The molecule has 3 aliphatic rings. The first-order valence-corrected chi connectivity index (χ1v) is 12.0. The van der Waals surface area contributed by atoms with Gasteiger partial charge in [-0.25, -0.2) is 4.79 Å². The highest BCUT2D eigenvalue weighted by molar-refractivity contribution is 5.80. The summed E-state index contributed by atoms with van der Waals surface area (Å²) in [5.41, 5.74) is 4.65. The minimum absolute atomic E-state index is 0.0129. The van der Waals surface area contributed by atoms with Crippen molar-refractivity contribution < 1.29 is 24.2 Å². The molecule has 1 heterocycles. The Hall–Kier alpha value is -3.35. The number of benzene rings is 2. The Kier molecular flexibility index (Phi) is 6.02. The maximum absolute atomic E-state index is 12.8. The predicted octanol–water partition coefficient (Wildman–Crippen LogP) is 3.87. The van der Waals surface area contributed by atoms with E-state index in [9.17, 15) is 19.5 Å². The number of nitrogens with zero attached hydrogens (tertiary/aromatic N) is 1. The lowest BCUT2D eigenvalue weighted by atomic mass is 9.85. The van der Waals surface area contributed by atoms with Crippen molar-refractivity contribution in [1.29, 1.82) is 0 Å². The van der Waals surface area contributed by atoms with E-state index in [1.165, 1.54) is 11.1 Å². The van der Waals surface area contributed by atoms with Crippen LogP contribution in [0, 0.1) is 17.8 Å². The smallest absolute Gasteiger partial charge is 0.407 e. The Morgan fingerprint density at radius 2 is 1.56 bits per heavy atom. The molecule has 2 N–H and O–H groups in total. The number of carboxylic acids is 1. The molecule has 0 spiro atoms. The third-order valence-corrected chi connectivity index (χ3v) is 7.66. The van der Waals surface area contributed by atoms with Crippen LogP contribution in [0.3, 0.4) is 0 Å². The second-order valence-electron chi connectivity index (χ2n) is 9.84. The van der Waals surface area contributed by atoms with Crippen molar-refractivity contribution in [3.63, 3.8) is 0 Å². The number of fused-ring (bicyclic) bond motifs is 5. The lowest BCUT2D eigenvalue weighted by molar-refractivity contribution is -0.149. The third kappa shape index (κ3) is 4.15. The summed E-state index contributed by atoms with van der Waals surface area (Å²) in [6, 6.07) is 16.0. The van der Waals surface area contributed by atoms with E-state index in [-0.39, 0.29) is 48.6 Å². The molecule has 178 valence electrons. The maximum atomic E-state index is 12.8. The summed E-state index contributed by atoms with van der Waals surface area (Å²) in [6.07, 6.45) is 1.35. The average Bonchev–Trinajstić information content (AvgIpc) is 3.28. The Bertz CT molecular complexity index is 1060. The molecule has 1 saturated heterocycles. The second-order valence-corrected chi connectivity index (χ2v) is 9.84. The van der Waals surface area contributed by atoms with Crippen molar-refractivity contribution in [2.24, 2.45) is 17.8 Å². The number of carbonyl (C=O) groups is 3. The molecule has 5 rings (SSSR count). The summed E-state index contributed by atoms with van der Waals surface area (Å²) in [5.74, 6) is -1.07. The van der Waals surface area contributed by atoms with Gasteiger partial charge in [0.25, 0.3) is 0 Å². The summed E-state index contributed by atoms with van der Waals surface area (Å²) in [6.45, 7) is 3.00. The Labute approximate surface area is 199 Å². The van der Waals surface area contributed by atoms with Crippen LogP contribution in [-0.4, -0.2) is 53.7 Å². The molecule has 2 amide bonds. The first kappa shape index (κ1) is 22.4. The first-order chi connectivity index (χ1) is 16.4. The molecule has 2 aromatic rings. The van der Waals surface area contributed by atoms with E-state index in [0.29, 0.717) is 13.1 Å². The molecule has 0 aromatic heterocycles. The highest BCUT2D eigenvalue weighted by atomic mass is 16.5. The number of likely N-dealkylation sites (tertiary alicyclic amines) is 1. The van der Waals surface area contributed by atoms with Crippen LogP contribution >= 0.6 is 0 Å². The van der Waals surface area contributed by atoms with Gasteiger partial charge in [-0.3, -0.25) is 9.59 Å².